The van der Waals surface area contributed by atoms with E-state index in [1.54, 1.807) is 7.11 Å². The molecule has 0 spiro atoms. The highest BCUT2D eigenvalue weighted by Gasteiger charge is 1.97. The van der Waals surface area contributed by atoms with Crippen molar-refractivity contribution in [1.82, 2.24) is 9.97 Å². The minimum atomic E-state index is 0.449. The standard InChI is InChI=1S/C12H20N2O/c1-3-4-5-6-7-8-11-9-13-12(15-2)14-10-11/h9-10H,3-8H2,1-2H3. The van der Waals surface area contributed by atoms with Gasteiger partial charge < -0.3 is 4.74 Å². The van der Waals surface area contributed by atoms with Crippen molar-refractivity contribution in [2.24, 2.45) is 0 Å². The van der Waals surface area contributed by atoms with Crippen LogP contribution in [0.25, 0.3) is 0 Å². The number of rotatable bonds is 7. The van der Waals surface area contributed by atoms with Crippen LogP contribution < -0.4 is 4.74 Å². The van der Waals surface area contributed by atoms with E-state index in [-0.39, 0.29) is 0 Å². The molecule has 0 aliphatic heterocycles. The molecule has 0 aliphatic carbocycles. The van der Waals surface area contributed by atoms with Gasteiger partial charge in [0.1, 0.15) is 0 Å². The highest BCUT2D eigenvalue weighted by molar-refractivity contribution is 5.07. The lowest BCUT2D eigenvalue weighted by molar-refractivity contribution is 0.379. The largest absolute Gasteiger partial charge is 0.467 e. The van der Waals surface area contributed by atoms with Crippen LogP contribution in [0.4, 0.5) is 0 Å². The molecule has 0 N–H and O–H groups in total. The predicted octanol–water partition coefficient (Wildman–Crippen LogP) is 3.00. The number of methoxy groups -OCH3 is 1. The van der Waals surface area contributed by atoms with Crippen LogP contribution in [0.5, 0.6) is 6.01 Å². The Morgan fingerprint density at radius 3 is 2.33 bits per heavy atom. The first kappa shape index (κ1) is 12.0. The molecular formula is C12H20N2O. The van der Waals surface area contributed by atoms with Crippen LogP contribution in [0, 0.1) is 0 Å². The van der Waals surface area contributed by atoms with Crippen molar-refractivity contribution >= 4 is 0 Å². The molecule has 0 saturated carbocycles. The molecule has 15 heavy (non-hydrogen) atoms. The average Bonchev–Trinajstić information content (AvgIpc) is 2.30. The number of hydrogen-bond acceptors (Lipinski definition) is 3. The Balaban J connectivity index is 2.20. The van der Waals surface area contributed by atoms with E-state index in [1.165, 1.54) is 37.7 Å². The van der Waals surface area contributed by atoms with Crippen LogP contribution in [0.1, 0.15) is 44.6 Å². The molecule has 1 aromatic heterocycles. The molecule has 1 rings (SSSR count). The quantitative estimate of drug-likeness (QED) is 0.646. The minimum absolute atomic E-state index is 0.449. The molecule has 0 aromatic carbocycles. The molecule has 3 nitrogen and oxygen atoms in total. The van der Waals surface area contributed by atoms with E-state index in [0.29, 0.717) is 6.01 Å². The Bertz CT molecular complexity index is 259. The first-order valence-corrected chi connectivity index (χ1v) is 5.71. The van der Waals surface area contributed by atoms with Gasteiger partial charge in [-0.15, -0.1) is 0 Å². The molecule has 0 atom stereocenters. The number of ether oxygens (including phenoxy) is 1. The second-order valence-corrected chi connectivity index (χ2v) is 3.74. The zero-order chi connectivity index (χ0) is 10.9. The summed E-state index contributed by atoms with van der Waals surface area (Å²) in [5.41, 5.74) is 1.20. The Kier molecular flexibility index (Phi) is 5.74. The van der Waals surface area contributed by atoms with Crippen molar-refractivity contribution in [3.05, 3.63) is 18.0 Å². The predicted molar refractivity (Wildman–Crippen MR) is 61.0 cm³/mol. The van der Waals surface area contributed by atoms with Crippen LogP contribution in [0.2, 0.25) is 0 Å². The lowest BCUT2D eigenvalue weighted by atomic mass is 10.1. The first-order chi connectivity index (χ1) is 7.36. The highest BCUT2D eigenvalue weighted by Crippen LogP contribution is 2.08. The second-order valence-electron chi connectivity index (χ2n) is 3.74. The highest BCUT2D eigenvalue weighted by atomic mass is 16.5. The van der Waals surface area contributed by atoms with Gasteiger partial charge in [-0.2, -0.15) is 0 Å². The summed E-state index contributed by atoms with van der Waals surface area (Å²) in [5.74, 6) is 0. The molecule has 0 saturated heterocycles. The van der Waals surface area contributed by atoms with Gasteiger partial charge in [0.2, 0.25) is 0 Å². The zero-order valence-electron chi connectivity index (χ0n) is 9.70. The van der Waals surface area contributed by atoms with Crippen LogP contribution in [-0.4, -0.2) is 17.1 Å². The van der Waals surface area contributed by atoms with Gasteiger partial charge in [0.05, 0.1) is 7.11 Å². The summed E-state index contributed by atoms with van der Waals surface area (Å²) in [6.45, 7) is 2.23. The first-order valence-electron chi connectivity index (χ1n) is 5.71. The van der Waals surface area contributed by atoms with Crippen molar-refractivity contribution in [1.29, 1.82) is 0 Å². The van der Waals surface area contributed by atoms with Crippen LogP contribution in [0.3, 0.4) is 0 Å². The van der Waals surface area contributed by atoms with Crippen molar-refractivity contribution in [3.63, 3.8) is 0 Å². The van der Waals surface area contributed by atoms with E-state index in [2.05, 4.69) is 16.9 Å². The molecular weight excluding hydrogens is 188 g/mol. The maximum absolute atomic E-state index is 4.90. The number of aromatic nitrogens is 2. The number of aryl methyl sites for hydroxylation is 1. The van der Waals surface area contributed by atoms with Gasteiger partial charge in [-0.1, -0.05) is 32.6 Å². The lowest BCUT2D eigenvalue weighted by Gasteiger charge is -2.01. The number of unbranched alkanes of at least 4 members (excludes halogenated alkanes) is 4. The van der Waals surface area contributed by atoms with Crippen LogP contribution in [-0.2, 0) is 6.42 Å². The Hall–Kier alpha value is -1.12. The monoisotopic (exact) mass is 208 g/mol. The van der Waals surface area contributed by atoms with Gasteiger partial charge in [0.25, 0.3) is 0 Å². The molecule has 3 heteroatoms. The van der Waals surface area contributed by atoms with E-state index in [0.717, 1.165) is 6.42 Å². The normalized spacial score (nSPS) is 10.3. The third-order valence-corrected chi connectivity index (χ3v) is 2.43. The van der Waals surface area contributed by atoms with E-state index < -0.39 is 0 Å². The van der Waals surface area contributed by atoms with E-state index in [9.17, 15) is 0 Å². The van der Waals surface area contributed by atoms with E-state index in [4.69, 9.17) is 4.74 Å². The van der Waals surface area contributed by atoms with Gasteiger partial charge in [0, 0.05) is 12.4 Å². The average molecular weight is 208 g/mol. The molecule has 0 unspecified atom stereocenters. The Morgan fingerprint density at radius 1 is 1.07 bits per heavy atom. The lowest BCUT2D eigenvalue weighted by Crippen LogP contribution is -1.94. The Morgan fingerprint density at radius 2 is 1.73 bits per heavy atom. The van der Waals surface area contributed by atoms with Crippen molar-refractivity contribution in [2.45, 2.75) is 45.4 Å². The fourth-order valence-electron chi connectivity index (χ4n) is 1.51. The van der Waals surface area contributed by atoms with Crippen molar-refractivity contribution < 1.29 is 4.74 Å². The molecule has 0 fully saturated rings. The molecule has 84 valence electrons. The van der Waals surface area contributed by atoms with Gasteiger partial charge in [0.15, 0.2) is 0 Å². The molecule has 0 bridgehead atoms. The number of nitrogens with zero attached hydrogens (tertiary/aromatic N) is 2. The maximum Gasteiger partial charge on any atom is 0.316 e. The molecule has 0 radical (unpaired) electrons. The van der Waals surface area contributed by atoms with Gasteiger partial charge in [-0.05, 0) is 18.4 Å². The smallest absolute Gasteiger partial charge is 0.316 e. The molecule has 0 aliphatic rings. The van der Waals surface area contributed by atoms with Gasteiger partial charge in [-0.25, -0.2) is 9.97 Å². The molecule has 0 amide bonds. The van der Waals surface area contributed by atoms with Crippen LogP contribution in [0.15, 0.2) is 12.4 Å². The fraction of sp³-hybridized carbons (Fsp3) is 0.667. The summed E-state index contributed by atoms with van der Waals surface area (Å²) in [5, 5.41) is 0. The van der Waals surface area contributed by atoms with Crippen LogP contribution >= 0.6 is 0 Å². The summed E-state index contributed by atoms with van der Waals surface area (Å²) < 4.78 is 4.90. The Labute approximate surface area is 91.9 Å². The summed E-state index contributed by atoms with van der Waals surface area (Å²) >= 11 is 0. The maximum atomic E-state index is 4.90. The van der Waals surface area contributed by atoms with Crippen molar-refractivity contribution in [2.75, 3.05) is 7.11 Å². The number of hydrogen-bond donors (Lipinski definition) is 0. The SMILES string of the molecule is CCCCCCCc1cnc(OC)nc1. The third kappa shape index (κ3) is 4.77. The zero-order valence-corrected chi connectivity index (χ0v) is 9.70. The van der Waals surface area contributed by atoms with Gasteiger partial charge in [-0.3, -0.25) is 0 Å². The fourth-order valence-corrected chi connectivity index (χ4v) is 1.51. The third-order valence-electron chi connectivity index (χ3n) is 2.43. The second kappa shape index (κ2) is 7.21. The molecule has 1 aromatic rings. The minimum Gasteiger partial charge on any atom is -0.467 e. The summed E-state index contributed by atoms with van der Waals surface area (Å²) in [7, 11) is 1.58. The topological polar surface area (TPSA) is 35.0 Å². The summed E-state index contributed by atoms with van der Waals surface area (Å²) in [6, 6.07) is 0.449. The van der Waals surface area contributed by atoms with Gasteiger partial charge >= 0.3 is 6.01 Å². The van der Waals surface area contributed by atoms with E-state index in [1.807, 2.05) is 12.4 Å². The summed E-state index contributed by atoms with van der Waals surface area (Å²) in [6.07, 6.45) is 11.3. The van der Waals surface area contributed by atoms with Crippen molar-refractivity contribution in [3.8, 4) is 6.01 Å². The molecule has 1 heterocycles. The van der Waals surface area contributed by atoms with E-state index >= 15 is 0 Å². The summed E-state index contributed by atoms with van der Waals surface area (Å²) in [4.78, 5) is 8.16.